The fourth-order valence-electron chi connectivity index (χ4n) is 5.20. The first-order valence-electron chi connectivity index (χ1n) is 9.97. The van der Waals surface area contributed by atoms with Crippen molar-refractivity contribution in [2.75, 3.05) is 34.7 Å². The van der Waals surface area contributed by atoms with E-state index in [1.54, 1.807) is 21.3 Å². The van der Waals surface area contributed by atoms with Crippen LogP contribution in [0.1, 0.15) is 35.4 Å². The lowest BCUT2D eigenvalue weighted by molar-refractivity contribution is -0.141. The summed E-state index contributed by atoms with van der Waals surface area (Å²) in [5.74, 6) is 2.71. The van der Waals surface area contributed by atoms with Crippen LogP contribution in [0, 0.1) is 11.8 Å². The summed E-state index contributed by atoms with van der Waals surface area (Å²) in [5, 5.41) is 0. The minimum absolute atomic E-state index is 0.00294. The Balaban J connectivity index is 1.73. The van der Waals surface area contributed by atoms with Gasteiger partial charge in [-0.3, -0.25) is 4.79 Å². The van der Waals surface area contributed by atoms with Crippen LogP contribution in [0.5, 0.6) is 28.7 Å². The van der Waals surface area contributed by atoms with Crippen LogP contribution in [0.2, 0.25) is 0 Å². The van der Waals surface area contributed by atoms with E-state index < -0.39 is 0 Å². The van der Waals surface area contributed by atoms with Crippen LogP contribution in [0.3, 0.4) is 0 Å². The number of cyclic esters (lactones) is 1. The van der Waals surface area contributed by atoms with E-state index in [9.17, 15) is 4.79 Å². The lowest BCUT2D eigenvalue weighted by Gasteiger charge is -2.38. The molecule has 30 heavy (non-hydrogen) atoms. The molecule has 2 aliphatic heterocycles. The number of hydrogen-bond acceptors (Lipinski definition) is 7. The Morgan fingerprint density at radius 3 is 2.10 bits per heavy atom. The monoisotopic (exact) mass is 412 g/mol. The van der Waals surface area contributed by atoms with E-state index in [2.05, 4.69) is 6.92 Å². The first kappa shape index (κ1) is 18.9. The van der Waals surface area contributed by atoms with Crippen LogP contribution in [-0.4, -0.2) is 40.7 Å². The van der Waals surface area contributed by atoms with Gasteiger partial charge in [0.1, 0.15) is 0 Å². The molecule has 0 bridgehead atoms. The van der Waals surface area contributed by atoms with Crippen molar-refractivity contribution in [3.63, 3.8) is 0 Å². The van der Waals surface area contributed by atoms with E-state index in [0.29, 0.717) is 29.6 Å². The molecule has 158 valence electrons. The van der Waals surface area contributed by atoms with Gasteiger partial charge in [-0.2, -0.15) is 0 Å². The van der Waals surface area contributed by atoms with E-state index in [1.165, 1.54) is 0 Å². The number of benzene rings is 2. The fourth-order valence-corrected chi connectivity index (χ4v) is 5.20. The third kappa shape index (κ3) is 2.61. The Labute approximate surface area is 174 Å². The van der Waals surface area contributed by atoms with Gasteiger partial charge in [-0.05, 0) is 46.9 Å². The maximum Gasteiger partial charge on any atom is 0.310 e. The van der Waals surface area contributed by atoms with Gasteiger partial charge in [0.05, 0.1) is 33.9 Å². The molecule has 0 spiro atoms. The molecule has 2 aromatic rings. The van der Waals surface area contributed by atoms with E-state index >= 15 is 0 Å². The van der Waals surface area contributed by atoms with Crippen LogP contribution in [0.4, 0.5) is 0 Å². The standard InChI is InChI=1S/C23H24O7/c1-11-13-7-16-17(30-10-29-16)8-14(13)21(15-9-28-23(24)20(11)15)12-5-18(25-2)22(27-4)19(6-12)26-3/h5-8,11,15,20-21H,9-10H2,1-4H3. The molecular weight excluding hydrogens is 388 g/mol. The quantitative estimate of drug-likeness (QED) is 0.712. The lowest BCUT2D eigenvalue weighted by Crippen LogP contribution is -2.33. The Hall–Kier alpha value is -3.09. The van der Waals surface area contributed by atoms with E-state index in [1.807, 2.05) is 24.3 Å². The summed E-state index contributed by atoms with van der Waals surface area (Å²) in [5.41, 5.74) is 3.17. The molecule has 7 heteroatoms. The van der Waals surface area contributed by atoms with Gasteiger partial charge in [0.15, 0.2) is 23.0 Å². The van der Waals surface area contributed by atoms with Crippen molar-refractivity contribution >= 4 is 5.97 Å². The number of fused-ring (bicyclic) bond motifs is 3. The van der Waals surface area contributed by atoms with Crippen molar-refractivity contribution in [3.05, 3.63) is 41.0 Å². The highest BCUT2D eigenvalue weighted by Crippen LogP contribution is 2.56. The van der Waals surface area contributed by atoms with Crippen molar-refractivity contribution in [2.45, 2.75) is 18.8 Å². The average Bonchev–Trinajstić information content (AvgIpc) is 3.38. The highest BCUT2D eigenvalue weighted by atomic mass is 16.7. The smallest absolute Gasteiger partial charge is 0.310 e. The number of carbonyl (C=O) groups excluding carboxylic acids is 1. The number of rotatable bonds is 4. The number of esters is 1. The zero-order valence-corrected chi connectivity index (χ0v) is 17.4. The maximum atomic E-state index is 12.6. The molecule has 4 unspecified atom stereocenters. The van der Waals surface area contributed by atoms with E-state index in [0.717, 1.165) is 22.4 Å². The second kappa shape index (κ2) is 7.00. The van der Waals surface area contributed by atoms with Crippen molar-refractivity contribution < 1.29 is 33.2 Å². The number of ether oxygens (including phenoxy) is 6. The zero-order chi connectivity index (χ0) is 21.0. The molecule has 5 rings (SSSR count). The molecule has 0 amide bonds. The van der Waals surface area contributed by atoms with Crippen molar-refractivity contribution in [3.8, 4) is 28.7 Å². The summed E-state index contributed by atoms with van der Waals surface area (Å²) in [6.45, 7) is 2.66. The topological polar surface area (TPSA) is 72.5 Å². The van der Waals surface area contributed by atoms with Gasteiger partial charge >= 0.3 is 5.97 Å². The fraction of sp³-hybridized carbons (Fsp3) is 0.435. The molecule has 1 saturated heterocycles. The summed E-state index contributed by atoms with van der Waals surface area (Å²) < 4.78 is 33.4. The van der Waals surface area contributed by atoms with Crippen molar-refractivity contribution in [2.24, 2.45) is 11.8 Å². The summed E-state index contributed by atoms with van der Waals surface area (Å²) in [7, 11) is 4.78. The average molecular weight is 412 g/mol. The van der Waals surface area contributed by atoms with Gasteiger partial charge in [0, 0.05) is 11.8 Å². The van der Waals surface area contributed by atoms with Gasteiger partial charge in [-0.25, -0.2) is 0 Å². The predicted molar refractivity (Wildman–Crippen MR) is 107 cm³/mol. The molecule has 4 atom stereocenters. The predicted octanol–water partition coefficient (Wildman–Crippen LogP) is 3.48. The van der Waals surface area contributed by atoms with E-state index in [4.69, 9.17) is 28.4 Å². The molecule has 0 aromatic heterocycles. The number of methoxy groups -OCH3 is 3. The molecule has 0 saturated carbocycles. The van der Waals surface area contributed by atoms with Gasteiger partial charge in [0.2, 0.25) is 12.5 Å². The van der Waals surface area contributed by atoms with Crippen LogP contribution in [0.25, 0.3) is 0 Å². The molecule has 1 fully saturated rings. The normalized spacial score (nSPS) is 25.9. The molecule has 2 aromatic carbocycles. The largest absolute Gasteiger partial charge is 0.493 e. The molecular formula is C23H24O7. The third-order valence-electron chi connectivity index (χ3n) is 6.57. The summed E-state index contributed by atoms with van der Waals surface area (Å²) in [4.78, 5) is 12.6. The molecule has 2 heterocycles. The molecule has 0 N–H and O–H groups in total. The van der Waals surface area contributed by atoms with E-state index in [-0.39, 0.29) is 36.4 Å². The van der Waals surface area contributed by atoms with Crippen LogP contribution >= 0.6 is 0 Å². The Kier molecular flexibility index (Phi) is 4.41. The van der Waals surface area contributed by atoms with Crippen LogP contribution < -0.4 is 23.7 Å². The first-order valence-corrected chi connectivity index (χ1v) is 9.97. The van der Waals surface area contributed by atoms with Crippen molar-refractivity contribution in [1.29, 1.82) is 0 Å². The van der Waals surface area contributed by atoms with Gasteiger partial charge in [-0.15, -0.1) is 0 Å². The Morgan fingerprint density at radius 1 is 0.867 bits per heavy atom. The second-order valence-corrected chi connectivity index (χ2v) is 7.88. The van der Waals surface area contributed by atoms with Crippen molar-refractivity contribution in [1.82, 2.24) is 0 Å². The molecule has 3 aliphatic rings. The molecule has 0 radical (unpaired) electrons. The number of carbonyl (C=O) groups is 1. The highest BCUT2D eigenvalue weighted by Gasteiger charge is 2.51. The van der Waals surface area contributed by atoms with Crippen LogP contribution in [-0.2, 0) is 9.53 Å². The summed E-state index contributed by atoms with van der Waals surface area (Å²) in [6.07, 6.45) is 0. The van der Waals surface area contributed by atoms with Gasteiger partial charge in [-0.1, -0.05) is 6.92 Å². The Bertz CT molecular complexity index is 990. The highest BCUT2D eigenvalue weighted by molar-refractivity contribution is 5.78. The first-order chi connectivity index (χ1) is 14.6. The molecule has 1 aliphatic carbocycles. The van der Waals surface area contributed by atoms with Crippen LogP contribution in [0.15, 0.2) is 24.3 Å². The minimum Gasteiger partial charge on any atom is -0.493 e. The third-order valence-corrected chi connectivity index (χ3v) is 6.57. The SMILES string of the molecule is COc1cc(C2c3cc4c(cc3C(C)C3C(=O)OCC23)OCO4)cc(OC)c1OC. The second-order valence-electron chi connectivity index (χ2n) is 7.88. The molecule has 7 nitrogen and oxygen atoms in total. The van der Waals surface area contributed by atoms with Gasteiger partial charge < -0.3 is 28.4 Å². The lowest BCUT2D eigenvalue weighted by atomic mass is 9.63. The summed E-state index contributed by atoms with van der Waals surface area (Å²) in [6, 6.07) is 7.96. The number of hydrogen-bond donors (Lipinski definition) is 0. The Morgan fingerprint density at radius 2 is 1.50 bits per heavy atom. The maximum absolute atomic E-state index is 12.6. The van der Waals surface area contributed by atoms with Gasteiger partial charge in [0.25, 0.3) is 0 Å². The zero-order valence-electron chi connectivity index (χ0n) is 17.4. The summed E-state index contributed by atoms with van der Waals surface area (Å²) >= 11 is 0. The minimum atomic E-state index is -0.220.